The second-order valence-electron chi connectivity index (χ2n) is 5.91. The number of rotatable bonds is 3. The average molecular weight is 363 g/mol. The van der Waals surface area contributed by atoms with Gasteiger partial charge >= 0.3 is 12.0 Å². The van der Waals surface area contributed by atoms with Crippen LogP contribution in [0.25, 0.3) is 0 Å². The summed E-state index contributed by atoms with van der Waals surface area (Å²) in [6.07, 6.45) is 0. The van der Waals surface area contributed by atoms with Gasteiger partial charge < -0.3 is 19.7 Å². The van der Waals surface area contributed by atoms with Crippen LogP contribution >= 0.6 is 11.3 Å². The fourth-order valence-corrected chi connectivity index (χ4v) is 3.98. The third-order valence-corrected chi connectivity index (χ3v) is 5.42. The SMILES string of the molecule is O=C1OCC2=C1[C@H](c1cccs1)NC(=O)N2CC(=O)N1CCOCC1. The lowest BCUT2D eigenvalue weighted by Crippen LogP contribution is -2.52. The summed E-state index contributed by atoms with van der Waals surface area (Å²) in [5.41, 5.74) is 0.894. The molecule has 1 aromatic heterocycles. The zero-order valence-electron chi connectivity index (χ0n) is 13.4. The van der Waals surface area contributed by atoms with Crippen molar-refractivity contribution < 1.29 is 23.9 Å². The smallest absolute Gasteiger partial charge is 0.338 e. The molecule has 4 heterocycles. The Morgan fingerprint density at radius 2 is 2.12 bits per heavy atom. The summed E-state index contributed by atoms with van der Waals surface area (Å²) in [5, 5.41) is 4.71. The first-order valence-corrected chi connectivity index (χ1v) is 8.90. The standard InChI is InChI=1S/C16H17N3O5S/c20-12(18-3-5-23-6-4-18)8-19-10-9-24-15(21)13(10)14(17-16(19)22)11-2-1-7-25-11/h1-2,7,14H,3-6,8-9H2,(H,17,22)/t14-/m0/s1. The molecule has 8 nitrogen and oxygen atoms in total. The molecule has 1 atom stereocenters. The van der Waals surface area contributed by atoms with Crippen molar-refractivity contribution in [3.05, 3.63) is 33.7 Å². The van der Waals surface area contributed by atoms with E-state index in [-0.39, 0.29) is 19.1 Å². The molecular weight excluding hydrogens is 346 g/mol. The summed E-state index contributed by atoms with van der Waals surface area (Å²) in [6.45, 7) is 1.90. The van der Waals surface area contributed by atoms with Gasteiger partial charge in [-0.1, -0.05) is 6.07 Å². The van der Waals surface area contributed by atoms with Gasteiger partial charge in [-0.2, -0.15) is 0 Å². The number of amides is 3. The molecule has 3 aliphatic heterocycles. The van der Waals surface area contributed by atoms with Crippen LogP contribution in [0, 0.1) is 0 Å². The Bertz CT molecular complexity index is 739. The Balaban J connectivity index is 1.60. The number of nitrogens with one attached hydrogen (secondary N) is 1. The van der Waals surface area contributed by atoms with Gasteiger partial charge in [-0.05, 0) is 11.4 Å². The molecule has 1 aromatic rings. The van der Waals surface area contributed by atoms with E-state index < -0.39 is 18.0 Å². The van der Waals surface area contributed by atoms with E-state index in [1.54, 1.807) is 4.90 Å². The number of ether oxygens (including phenoxy) is 2. The summed E-state index contributed by atoms with van der Waals surface area (Å²) < 4.78 is 10.4. The first-order chi connectivity index (χ1) is 12.1. The molecule has 0 radical (unpaired) electrons. The Hall–Kier alpha value is -2.39. The predicted molar refractivity (Wildman–Crippen MR) is 87.7 cm³/mol. The molecule has 0 bridgehead atoms. The average Bonchev–Trinajstić information content (AvgIpc) is 3.28. The summed E-state index contributed by atoms with van der Waals surface area (Å²) in [4.78, 5) is 41.1. The highest BCUT2D eigenvalue weighted by molar-refractivity contribution is 7.10. The predicted octanol–water partition coefficient (Wildman–Crippen LogP) is 0.484. The summed E-state index contributed by atoms with van der Waals surface area (Å²) in [5.74, 6) is -0.614. The van der Waals surface area contributed by atoms with E-state index in [9.17, 15) is 14.4 Å². The molecule has 0 aromatic carbocycles. The van der Waals surface area contributed by atoms with Crippen molar-refractivity contribution in [2.45, 2.75) is 6.04 Å². The van der Waals surface area contributed by atoms with Crippen LogP contribution in [-0.4, -0.2) is 67.2 Å². The number of cyclic esters (lactones) is 1. The van der Waals surface area contributed by atoms with Crippen molar-refractivity contribution in [2.75, 3.05) is 39.5 Å². The minimum Gasteiger partial charge on any atom is -0.456 e. The number of thiophene rings is 1. The monoisotopic (exact) mass is 363 g/mol. The van der Waals surface area contributed by atoms with Crippen molar-refractivity contribution in [3.63, 3.8) is 0 Å². The zero-order valence-corrected chi connectivity index (χ0v) is 14.2. The number of esters is 1. The minimum absolute atomic E-state index is 0.0137. The van der Waals surface area contributed by atoms with Crippen LogP contribution in [-0.2, 0) is 19.1 Å². The third kappa shape index (κ3) is 2.89. The molecule has 3 amide bonds. The molecular formula is C16H17N3O5S. The maximum absolute atomic E-state index is 12.6. The number of nitrogens with zero attached hydrogens (tertiary/aromatic N) is 2. The van der Waals surface area contributed by atoms with Crippen LogP contribution in [0.5, 0.6) is 0 Å². The lowest BCUT2D eigenvalue weighted by molar-refractivity contribution is -0.136. The number of hydrogen-bond acceptors (Lipinski definition) is 6. The highest BCUT2D eigenvalue weighted by Crippen LogP contribution is 2.36. The van der Waals surface area contributed by atoms with E-state index in [2.05, 4.69) is 5.32 Å². The molecule has 132 valence electrons. The van der Waals surface area contributed by atoms with Crippen molar-refractivity contribution >= 4 is 29.2 Å². The van der Waals surface area contributed by atoms with Crippen molar-refractivity contribution in [2.24, 2.45) is 0 Å². The van der Waals surface area contributed by atoms with Crippen LogP contribution in [0.2, 0.25) is 0 Å². The van der Waals surface area contributed by atoms with Crippen LogP contribution in [0.3, 0.4) is 0 Å². The summed E-state index contributed by atoms with van der Waals surface area (Å²) in [7, 11) is 0. The van der Waals surface area contributed by atoms with Crippen LogP contribution in [0.4, 0.5) is 4.79 Å². The lowest BCUT2D eigenvalue weighted by Gasteiger charge is -2.34. The van der Waals surface area contributed by atoms with Crippen molar-refractivity contribution in [3.8, 4) is 0 Å². The van der Waals surface area contributed by atoms with Gasteiger partial charge in [0, 0.05) is 18.0 Å². The highest BCUT2D eigenvalue weighted by atomic mass is 32.1. The van der Waals surface area contributed by atoms with Gasteiger partial charge in [0.2, 0.25) is 5.91 Å². The zero-order chi connectivity index (χ0) is 17.4. The Labute approximate surface area is 148 Å². The lowest BCUT2D eigenvalue weighted by atomic mass is 10.0. The number of urea groups is 1. The summed E-state index contributed by atoms with van der Waals surface area (Å²) >= 11 is 1.46. The van der Waals surface area contributed by atoms with E-state index in [0.717, 1.165) is 4.88 Å². The quantitative estimate of drug-likeness (QED) is 0.790. The van der Waals surface area contributed by atoms with Gasteiger partial charge in [0.25, 0.3) is 0 Å². The molecule has 0 unspecified atom stereocenters. The Morgan fingerprint density at radius 3 is 2.84 bits per heavy atom. The maximum Gasteiger partial charge on any atom is 0.338 e. The molecule has 4 rings (SSSR count). The molecule has 1 saturated heterocycles. The Kier molecular flexibility index (Phi) is 4.18. The van der Waals surface area contributed by atoms with E-state index in [1.165, 1.54) is 16.2 Å². The molecule has 0 spiro atoms. The van der Waals surface area contributed by atoms with Gasteiger partial charge in [-0.3, -0.25) is 9.69 Å². The first kappa shape index (κ1) is 16.1. The largest absolute Gasteiger partial charge is 0.456 e. The van der Waals surface area contributed by atoms with Gasteiger partial charge in [0.15, 0.2) is 0 Å². The second kappa shape index (κ2) is 6.49. The Morgan fingerprint density at radius 1 is 1.32 bits per heavy atom. The van der Waals surface area contributed by atoms with Gasteiger partial charge in [-0.15, -0.1) is 11.3 Å². The van der Waals surface area contributed by atoms with E-state index in [0.29, 0.717) is 37.6 Å². The van der Waals surface area contributed by atoms with Gasteiger partial charge in [0.1, 0.15) is 13.2 Å². The maximum atomic E-state index is 12.6. The van der Waals surface area contributed by atoms with E-state index in [1.807, 2.05) is 17.5 Å². The number of morpholine rings is 1. The fourth-order valence-electron chi connectivity index (χ4n) is 3.20. The first-order valence-electron chi connectivity index (χ1n) is 8.02. The highest BCUT2D eigenvalue weighted by Gasteiger charge is 2.43. The number of carbonyl (C=O) groups is 3. The van der Waals surface area contributed by atoms with Crippen molar-refractivity contribution in [1.82, 2.24) is 15.1 Å². The normalized spacial score (nSPS) is 23.4. The number of carbonyl (C=O) groups excluding carboxylic acids is 3. The fraction of sp³-hybridized carbons (Fsp3) is 0.438. The van der Waals surface area contributed by atoms with Crippen LogP contribution < -0.4 is 5.32 Å². The van der Waals surface area contributed by atoms with E-state index >= 15 is 0 Å². The van der Waals surface area contributed by atoms with Crippen LogP contribution in [0.1, 0.15) is 10.9 Å². The molecule has 1 N–H and O–H groups in total. The third-order valence-electron chi connectivity index (χ3n) is 4.48. The molecule has 1 fully saturated rings. The minimum atomic E-state index is -0.521. The van der Waals surface area contributed by atoms with Crippen LogP contribution in [0.15, 0.2) is 28.8 Å². The topological polar surface area (TPSA) is 88.2 Å². The van der Waals surface area contributed by atoms with Gasteiger partial charge in [-0.25, -0.2) is 9.59 Å². The van der Waals surface area contributed by atoms with E-state index in [4.69, 9.17) is 9.47 Å². The van der Waals surface area contributed by atoms with Gasteiger partial charge in [0.05, 0.1) is 30.5 Å². The molecule has 0 aliphatic carbocycles. The second-order valence-corrected chi connectivity index (χ2v) is 6.89. The van der Waals surface area contributed by atoms with Crippen molar-refractivity contribution in [1.29, 1.82) is 0 Å². The summed E-state index contributed by atoms with van der Waals surface area (Å²) in [6, 6.07) is 2.81. The molecule has 3 aliphatic rings. The number of hydrogen-bond donors (Lipinski definition) is 1. The molecule has 0 saturated carbocycles. The molecule has 9 heteroatoms. The molecule has 25 heavy (non-hydrogen) atoms.